The fraction of sp³-hybridized carbons (Fsp3) is 0.588. The normalized spacial score (nSPS) is 12.8. The van der Waals surface area contributed by atoms with E-state index < -0.39 is 0 Å². The van der Waals surface area contributed by atoms with Crippen LogP contribution in [0.15, 0.2) is 22.7 Å². The second-order valence-corrected chi connectivity index (χ2v) is 7.10. The van der Waals surface area contributed by atoms with Crippen LogP contribution in [-0.4, -0.2) is 12.6 Å². The first-order valence-corrected chi connectivity index (χ1v) is 8.21. The van der Waals surface area contributed by atoms with Crippen LogP contribution in [0.1, 0.15) is 45.6 Å². The molecule has 0 radical (unpaired) electrons. The number of nitrogens with zero attached hydrogens (tertiary/aromatic N) is 1. The number of nitrogens with two attached hydrogens (primary N) is 1. The number of hydrogen-bond acceptors (Lipinski definition) is 3. The second-order valence-electron chi connectivity index (χ2n) is 6.25. The summed E-state index contributed by atoms with van der Waals surface area (Å²) in [6, 6.07) is 8.59. The van der Waals surface area contributed by atoms with Gasteiger partial charge in [-0.1, -0.05) is 6.07 Å². The predicted octanol–water partition coefficient (Wildman–Crippen LogP) is 4.44. The zero-order chi connectivity index (χ0) is 15.9. The molecule has 0 aliphatic carbocycles. The van der Waals surface area contributed by atoms with E-state index in [1.807, 2.05) is 26.8 Å². The summed E-state index contributed by atoms with van der Waals surface area (Å²) in [7, 11) is 0. The minimum Gasteiger partial charge on any atom is -0.492 e. The monoisotopic (exact) mass is 352 g/mol. The molecule has 0 fully saturated rings. The third-order valence-corrected chi connectivity index (χ3v) is 3.93. The number of hydrogen-bond donors (Lipinski definition) is 1. The number of rotatable bonds is 8. The summed E-state index contributed by atoms with van der Waals surface area (Å²) in [6.45, 7) is 6.62. The number of nitriles is 1. The molecule has 0 bridgehead atoms. The van der Waals surface area contributed by atoms with Gasteiger partial charge in [0.05, 0.1) is 22.6 Å². The summed E-state index contributed by atoms with van der Waals surface area (Å²) in [6.07, 6.45) is 3.73. The molecule has 0 aliphatic heterocycles. The third-order valence-electron chi connectivity index (χ3n) is 3.31. The lowest BCUT2D eigenvalue weighted by Crippen LogP contribution is -2.17. The van der Waals surface area contributed by atoms with Crippen molar-refractivity contribution in [3.05, 3.63) is 28.2 Å². The first kappa shape index (κ1) is 18.0. The Bertz CT molecular complexity index is 492. The summed E-state index contributed by atoms with van der Waals surface area (Å²) in [5.41, 5.74) is 6.78. The van der Waals surface area contributed by atoms with Crippen LogP contribution < -0.4 is 10.5 Å². The van der Waals surface area contributed by atoms with Crippen molar-refractivity contribution in [1.82, 2.24) is 0 Å². The van der Waals surface area contributed by atoms with Crippen LogP contribution in [0.5, 0.6) is 5.75 Å². The standard InChI is InChI=1S/C17H25BrN2O/c1-13(20)10-14-6-7-16(15(18)11-14)21-9-5-4-8-17(2,3)12-19/h6-7,11,13H,4-5,8-10,20H2,1-3H3. The zero-order valence-corrected chi connectivity index (χ0v) is 14.7. The van der Waals surface area contributed by atoms with Gasteiger partial charge >= 0.3 is 0 Å². The first-order chi connectivity index (χ1) is 9.84. The lowest BCUT2D eigenvalue weighted by molar-refractivity contribution is 0.293. The van der Waals surface area contributed by atoms with Crippen LogP contribution >= 0.6 is 15.9 Å². The van der Waals surface area contributed by atoms with E-state index in [1.165, 1.54) is 5.56 Å². The molecule has 21 heavy (non-hydrogen) atoms. The van der Waals surface area contributed by atoms with Gasteiger partial charge in [0.2, 0.25) is 0 Å². The topological polar surface area (TPSA) is 59.0 Å². The Morgan fingerprint density at radius 1 is 1.38 bits per heavy atom. The van der Waals surface area contributed by atoms with Gasteiger partial charge in [0, 0.05) is 6.04 Å². The maximum atomic E-state index is 8.96. The van der Waals surface area contributed by atoms with E-state index in [2.05, 4.69) is 34.1 Å². The van der Waals surface area contributed by atoms with Gasteiger partial charge in [-0.25, -0.2) is 0 Å². The van der Waals surface area contributed by atoms with E-state index in [4.69, 9.17) is 15.7 Å². The van der Waals surface area contributed by atoms with Gasteiger partial charge in [-0.05, 0) is 80.1 Å². The molecule has 0 saturated carbocycles. The predicted molar refractivity (Wildman–Crippen MR) is 90.2 cm³/mol. The molecule has 1 rings (SSSR count). The molecule has 2 N–H and O–H groups in total. The first-order valence-electron chi connectivity index (χ1n) is 7.42. The number of benzene rings is 1. The maximum absolute atomic E-state index is 8.96. The number of unbranched alkanes of at least 4 members (excludes halogenated alkanes) is 1. The van der Waals surface area contributed by atoms with Gasteiger partial charge in [-0.3, -0.25) is 0 Å². The van der Waals surface area contributed by atoms with Crippen LogP contribution in [-0.2, 0) is 6.42 Å². The lowest BCUT2D eigenvalue weighted by atomic mass is 9.89. The SMILES string of the molecule is CC(N)Cc1ccc(OCCCCC(C)(C)C#N)c(Br)c1. The summed E-state index contributed by atoms with van der Waals surface area (Å²) in [5, 5.41) is 8.96. The molecule has 4 heteroatoms. The largest absolute Gasteiger partial charge is 0.492 e. The fourth-order valence-electron chi connectivity index (χ4n) is 2.07. The molecule has 1 atom stereocenters. The molecule has 0 amide bonds. The van der Waals surface area contributed by atoms with Crippen molar-refractivity contribution >= 4 is 15.9 Å². The molecule has 0 saturated heterocycles. The summed E-state index contributed by atoms with van der Waals surface area (Å²) in [5.74, 6) is 0.864. The Morgan fingerprint density at radius 3 is 2.67 bits per heavy atom. The van der Waals surface area contributed by atoms with E-state index in [0.717, 1.165) is 35.9 Å². The molecule has 0 spiro atoms. The van der Waals surface area contributed by atoms with E-state index >= 15 is 0 Å². The highest BCUT2D eigenvalue weighted by atomic mass is 79.9. The average molecular weight is 353 g/mol. The van der Waals surface area contributed by atoms with Crippen LogP contribution in [0.2, 0.25) is 0 Å². The van der Waals surface area contributed by atoms with Crippen molar-refractivity contribution in [2.75, 3.05) is 6.61 Å². The molecular weight excluding hydrogens is 328 g/mol. The smallest absolute Gasteiger partial charge is 0.133 e. The van der Waals surface area contributed by atoms with E-state index in [1.54, 1.807) is 0 Å². The van der Waals surface area contributed by atoms with Crippen molar-refractivity contribution in [2.45, 2.75) is 52.5 Å². The van der Waals surface area contributed by atoms with Crippen molar-refractivity contribution in [2.24, 2.45) is 11.1 Å². The van der Waals surface area contributed by atoms with E-state index in [0.29, 0.717) is 6.61 Å². The van der Waals surface area contributed by atoms with Gasteiger partial charge < -0.3 is 10.5 Å². The van der Waals surface area contributed by atoms with Gasteiger partial charge in [-0.15, -0.1) is 0 Å². The molecule has 116 valence electrons. The summed E-state index contributed by atoms with van der Waals surface area (Å²) in [4.78, 5) is 0. The van der Waals surface area contributed by atoms with Gasteiger partial charge in [-0.2, -0.15) is 5.26 Å². The highest BCUT2D eigenvalue weighted by Gasteiger charge is 2.15. The Hall–Kier alpha value is -1.05. The molecule has 1 aromatic carbocycles. The quantitative estimate of drug-likeness (QED) is 0.703. The van der Waals surface area contributed by atoms with Gasteiger partial charge in [0.1, 0.15) is 5.75 Å². The number of ether oxygens (including phenoxy) is 1. The fourth-order valence-corrected chi connectivity index (χ4v) is 2.61. The third kappa shape index (κ3) is 6.97. The molecule has 1 unspecified atom stereocenters. The Balaban J connectivity index is 2.38. The Morgan fingerprint density at radius 2 is 2.10 bits per heavy atom. The van der Waals surface area contributed by atoms with Crippen molar-refractivity contribution in [3.8, 4) is 11.8 Å². The molecule has 3 nitrogen and oxygen atoms in total. The summed E-state index contributed by atoms with van der Waals surface area (Å²) < 4.78 is 6.75. The van der Waals surface area contributed by atoms with Crippen molar-refractivity contribution < 1.29 is 4.74 Å². The summed E-state index contributed by atoms with van der Waals surface area (Å²) >= 11 is 3.54. The van der Waals surface area contributed by atoms with E-state index in [-0.39, 0.29) is 11.5 Å². The molecule has 0 heterocycles. The number of halogens is 1. The highest BCUT2D eigenvalue weighted by molar-refractivity contribution is 9.10. The van der Waals surface area contributed by atoms with Crippen LogP contribution in [0.3, 0.4) is 0 Å². The van der Waals surface area contributed by atoms with Crippen LogP contribution in [0, 0.1) is 16.7 Å². The Kier molecular flexibility index (Phi) is 7.21. The van der Waals surface area contributed by atoms with Crippen LogP contribution in [0.25, 0.3) is 0 Å². The molecule has 0 aromatic heterocycles. The average Bonchev–Trinajstić information content (AvgIpc) is 2.40. The van der Waals surface area contributed by atoms with Gasteiger partial charge in [0.15, 0.2) is 0 Å². The highest BCUT2D eigenvalue weighted by Crippen LogP contribution is 2.27. The van der Waals surface area contributed by atoms with Gasteiger partial charge in [0.25, 0.3) is 0 Å². The minimum absolute atomic E-state index is 0.159. The van der Waals surface area contributed by atoms with Crippen LogP contribution in [0.4, 0.5) is 0 Å². The maximum Gasteiger partial charge on any atom is 0.133 e. The van der Waals surface area contributed by atoms with E-state index in [9.17, 15) is 0 Å². The lowest BCUT2D eigenvalue weighted by Gasteiger charge is -2.15. The molecular formula is C17H25BrN2O. The van der Waals surface area contributed by atoms with Crippen molar-refractivity contribution in [1.29, 1.82) is 5.26 Å². The second kappa shape index (κ2) is 8.41. The minimum atomic E-state index is -0.235. The Labute approximate surface area is 136 Å². The molecule has 1 aromatic rings. The zero-order valence-electron chi connectivity index (χ0n) is 13.2. The van der Waals surface area contributed by atoms with Crippen molar-refractivity contribution in [3.63, 3.8) is 0 Å². The molecule has 0 aliphatic rings.